The Balaban J connectivity index is 2.52. The molecule has 26 heavy (non-hydrogen) atoms. The summed E-state index contributed by atoms with van der Waals surface area (Å²) in [5, 5.41) is 0. The second-order valence-electron chi connectivity index (χ2n) is 5.79. The highest BCUT2D eigenvalue weighted by Crippen LogP contribution is 2.62. The fourth-order valence-corrected chi connectivity index (χ4v) is 5.05. The van der Waals surface area contributed by atoms with E-state index in [-0.39, 0.29) is 19.1 Å². The van der Waals surface area contributed by atoms with Gasteiger partial charge in [0, 0.05) is 13.5 Å². The largest absolute Gasteiger partial charge is 0.357 e. The van der Waals surface area contributed by atoms with Gasteiger partial charge in [0.15, 0.2) is 5.78 Å². The second kappa shape index (κ2) is 9.67. The van der Waals surface area contributed by atoms with Crippen molar-refractivity contribution in [3.05, 3.63) is 71.8 Å². The maximum Gasteiger partial charge on any atom is 0.357 e. The topological polar surface area (TPSA) is 55.8 Å². The molecule has 2 rings (SSSR count). The summed E-state index contributed by atoms with van der Waals surface area (Å²) in [6, 6.07) is 18.9. The molecule has 0 fully saturated rings. The van der Waals surface area contributed by atoms with Crippen molar-refractivity contribution in [2.24, 2.45) is 0 Å². The highest BCUT2D eigenvalue weighted by molar-refractivity contribution is 7.54. The monoisotopic (exact) mass is 375 g/mol. The average Bonchev–Trinajstić information content (AvgIpc) is 2.63. The number of nitrogens with zero attached hydrogens (tertiary/aromatic N) is 1. The number of benzene rings is 2. The smallest absolute Gasteiger partial charge is 0.320 e. The van der Waals surface area contributed by atoms with Gasteiger partial charge < -0.3 is 13.9 Å². The molecular weight excluding hydrogens is 349 g/mol. The third kappa shape index (κ3) is 5.04. The molecule has 0 aromatic heterocycles. The van der Waals surface area contributed by atoms with E-state index in [2.05, 4.69) is 0 Å². The van der Waals surface area contributed by atoms with Gasteiger partial charge in [-0.05, 0) is 25.0 Å². The Hall–Kier alpha value is -1.94. The van der Waals surface area contributed by atoms with Gasteiger partial charge in [0.1, 0.15) is 0 Å². The minimum atomic E-state index is -3.59. The van der Waals surface area contributed by atoms with Gasteiger partial charge in [-0.2, -0.15) is 0 Å². The van der Waals surface area contributed by atoms with Crippen LogP contribution in [0.2, 0.25) is 0 Å². The summed E-state index contributed by atoms with van der Waals surface area (Å²) in [6.07, 6.45) is 0. The average molecular weight is 375 g/mol. The number of hydrogen-bond donors (Lipinski definition) is 0. The maximum absolute atomic E-state index is 13.6. The zero-order valence-corrected chi connectivity index (χ0v) is 16.4. The normalized spacial score (nSPS) is 12.6. The predicted octanol–water partition coefficient (Wildman–Crippen LogP) is 5.00. The minimum absolute atomic E-state index is 0.192. The zero-order chi connectivity index (χ0) is 19.0. The van der Waals surface area contributed by atoms with Crippen LogP contribution in [-0.4, -0.2) is 24.0 Å². The van der Waals surface area contributed by atoms with E-state index in [1.54, 1.807) is 18.7 Å². The van der Waals surface area contributed by atoms with Crippen molar-refractivity contribution in [3.8, 4) is 0 Å². The summed E-state index contributed by atoms with van der Waals surface area (Å²) >= 11 is 0. The maximum atomic E-state index is 13.6. The first-order chi connectivity index (χ1) is 12.5. The summed E-state index contributed by atoms with van der Waals surface area (Å²) in [6.45, 7) is 5.79. The molecule has 0 saturated carbocycles. The van der Waals surface area contributed by atoms with Gasteiger partial charge in [0.2, 0.25) is 5.91 Å². The molecule has 2 aromatic carbocycles. The third-order valence-corrected chi connectivity index (χ3v) is 6.32. The standard InChI is InChI=1S/C20H26NO4P/c1-4-24-26(23,25-5-2)20(19-14-10-7-11-15-19)21(17(3)22)16-18-12-8-6-9-13-18/h6-15,20H,4-5,16H2,1-3H3. The molecule has 2 aromatic rings. The van der Waals surface area contributed by atoms with E-state index < -0.39 is 13.4 Å². The quantitative estimate of drug-likeness (QED) is 0.579. The minimum Gasteiger partial charge on any atom is -0.320 e. The first-order valence-electron chi connectivity index (χ1n) is 8.76. The third-order valence-electron chi connectivity index (χ3n) is 3.91. The van der Waals surface area contributed by atoms with Crippen LogP contribution in [0.4, 0.5) is 0 Å². The van der Waals surface area contributed by atoms with Gasteiger partial charge in [-0.1, -0.05) is 60.7 Å². The van der Waals surface area contributed by atoms with Crippen molar-refractivity contribution in [1.29, 1.82) is 0 Å². The molecule has 0 aliphatic heterocycles. The summed E-state index contributed by atoms with van der Waals surface area (Å²) < 4.78 is 24.8. The van der Waals surface area contributed by atoms with Crippen LogP contribution < -0.4 is 0 Å². The molecule has 0 aliphatic carbocycles. The lowest BCUT2D eigenvalue weighted by molar-refractivity contribution is -0.130. The molecule has 5 nitrogen and oxygen atoms in total. The van der Waals surface area contributed by atoms with Crippen LogP contribution in [0.1, 0.15) is 37.7 Å². The number of amides is 1. The Morgan fingerprint density at radius 2 is 1.46 bits per heavy atom. The SMILES string of the molecule is CCOP(=O)(OCC)C(c1ccccc1)N(Cc1ccccc1)C(C)=O. The van der Waals surface area contributed by atoms with Crippen molar-refractivity contribution >= 4 is 13.5 Å². The van der Waals surface area contributed by atoms with E-state index in [1.165, 1.54) is 6.92 Å². The van der Waals surface area contributed by atoms with Crippen molar-refractivity contribution in [2.45, 2.75) is 33.1 Å². The molecular formula is C20H26NO4P. The van der Waals surface area contributed by atoms with Gasteiger partial charge in [-0.3, -0.25) is 9.36 Å². The second-order valence-corrected chi connectivity index (χ2v) is 7.88. The van der Waals surface area contributed by atoms with E-state index in [0.29, 0.717) is 6.54 Å². The van der Waals surface area contributed by atoms with Gasteiger partial charge in [-0.25, -0.2) is 0 Å². The Labute approximate surface area is 155 Å². The van der Waals surface area contributed by atoms with Crippen molar-refractivity contribution < 1.29 is 18.4 Å². The van der Waals surface area contributed by atoms with Gasteiger partial charge in [-0.15, -0.1) is 0 Å². The highest BCUT2D eigenvalue weighted by Gasteiger charge is 2.42. The molecule has 0 radical (unpaired) electrons. The predicted molar refractivity (Wildman–Crippen MR) is 103 cm³/mol. The van der Waals surface area contributed by atoms with Crippen LogP contribution in [0.3, 0.4) is 0 Å². The van der Waals surface area contributed by atoms with Crippen molar-refractivity contribution in [3.63, 3.8) is 0 Å². The van der Waals surface area contributed by atoms with Crippen LogP contribution in [0, 0.1) is 0 Å². The number of carbonyl (C=O) groups is 1. The number of hydrogen-bond acceptors (Lipinski definition) is 4. The summed E-state index contributed by atoms with van der Waals surface area (Å²) in [5.41, 5.74) is 1.67. The van der Waals surface area contributed by atoms with Gasteiger partial charge in [0.05, 0.1) is 13.2 Å². The van der Waals surface area contributed by atoms with Crippen LogP contribution in [0.5, 0.6) is 0 Å². The molecule has 6 heteroatoms. The van der Waals surface area contributed by atoms with Crippen molar-refractivity contribution in [1.82, 2.24) is 4.90 Å². The van der Waals surface area contributed by atoms with E-state index in [0.717, 1.165) is 11.1 Å². The lowest BCUT2D eigenvalue weighted by Crippen LogP contribution is -2.33. The zero-order valence-electron chi connectivity index (χ0n) is 15.5. The van der Waals surface area contributed by atoms with Crippen LogP contribution in [0.25, 0.3) is 0 Å². The summed E-state index contributed by atoms with van der Waals surface area (Å²) in [7, 11) is -3.59. The van der Waals surface area contributed by atoms with Crippen LogP contribution in [-0.2, 0) is 25.0 Å². The molecule has 0 bridgehead atoms. The molecule has 140 valence electrons. The molecule has 1 unspecified atom stereocenters. The first-order valence-corrected chi connectivity index (χ1v) is 10.4. The van der Waals surface area contributed by atoms with E-state index in [4.69, 9.17) is 9.05 Å². The van der Waals surface area contributed by atoms with Gasteiger partial charge in [0.25, 0.3) is 0 Å². The molecule has 1 atom stereocenters. The molecule has 0 saturated heterocycles. The molecule has 0 spiro atoms. The Bertz CT molecular complexity index is 726. The summed E-state index contributed by atoms with van der Waals surface area (Å²) in [5.74, 6) is -0.997. The Kier molecular flexibility index (Phi) is 7.58. The number of carbonyl (C=O) groups excluding carboxylic acids is 1. The van der Waals surface area contributed by atoms with E-state index >= 15 is 0 Å². The summed E-state index contributed by atoms with van der Waals surface area (Å²) in [4.78, 5) is 14.1. The van der Waals surface area contributed by atoms with Gasteiger partial charge >= 0.3 is 7.60 Å². The first kappa shape index (κ1) is 20.4. The van der Waals surface area contributed by atoms with E-state index in [1.807, 2.05) is 60.7 Å². The van der Waals surface area contributed by atoms with E-state index in [9.17, 15) is 9.36 Å². The fraction of sp³-hybridized carbons (Fsp3) is 0.350. The highest BCUT2D eigenvalue weighted by atomic mass is 31.2. The lowest BCUT2D eigenvalue weighted by Gasteiger charge is -2.35. The molecule has 0 aliphatic rings. The molecule has 0 N–H and O–H groups in total. The number of rotatable bonds is 9. The Morgan fingerprint density at radius 3 is 1.92 bits per heavy atom. The fourth-order valence-electron chi connectivity index (χ4n) is 2.85. The molecule has 1 amide bonds. The lowest BCUT2D eigenvalue weighted by atomic mass is 10.1. The van der Waals surface area contributed by atoms with Crippen LogP contribution >= 0.6 is 7.60 Å². The Morgan fingerprint density at radius 1 is 0.962 bits per heavy atom. The molecule has 0 heterocycles. The van der Waals surface area contributed by atoms with Crippen molar-refractivity contribution in [2.75, 3.05) is 13.2 Å². The van der Waals surface area contributed by atoms with Crippen LogP contribution in [0.15, 0.2) is 60.7 Å².